The van der Waals surface area contributed by atoms with Gasteiger partial charge in [0.1, 0.15) is 0 Å². The van der Waals surface area contributed by atoms with Gasteiger partial charge in [-0.3, -0.25) is 0 Å². The van der Waals surface area contributed by atoms with Crippen molar-refractivity contribution in [2.24, 2.45) is 0 Å². The van der Waals surface area contributed by atoms with Crippen molar-refractivity contribution in [3.05, 3.63) is 35.4 Å². The highest BCUT2D eigenvalue weighted by atomic mass is 19.4. The first-order chi connectivity index (χ1) is 10.2. The van der Waals surface area contributed by atoms with E-state index in [2.05, 4.69) is 10.6 Å². The molecule has 1 aromatic carbocycles. The summed E-state index contributed by atoms with van der Waals surface area (Å²) < 4.78 is 37.7. The second kappa shape index (κ2) is 7.49. The lowest BCUT2D eigenvalue weighted by molar-refractivity contribution is -0.137. The number of hydrogen-bond donors (Lipinski definition) is 3. The van der Waals surface area contributed by atoms with E-state index in [1.54, 1.807) is 0 Å². The van der Waals surface area contributed by atoms with Crippen LogP contribution in [0.2, 0.25) is 0 Å². The lowest BCUT2D eigenvalue weighted by atomic mass is 9.98. The molecule has 2 amide bonds. The highest BCUT2D eigenvalue weighted by Gasteiger charge is 2.30. The number of alkyl halides is 3. The van der Waals surface area contributed by atoms with E-state index in [9.17, 15) is 23.1 Å². The molecule has 7 heteroatoms. The Hall–Kier alpha value is -1.76. The molecule has 0 aliphatic heterocycles. The van der Waals surface area contributed by atoms with Crippen LogP contribution in [-0.2, 0) is 12.7 Å². The average Bonchev–Trinajstić information content (AvgIpc) is 2.50. The zero-order valence-electron chi connectivity index (χ0n) is 12.6. The van der Waals surface area contributed by atoms with Gasteiger partial charge in [0.25, 0.3) is 0 Å². The lowest BCUT2D eigenvalue weighted by Gasteiger charge is -2.25. The topological polar surface area (TPSA) is 61.4 Å². The van der Waals surface area contributed by atoms with Gasteiger partial charge in [0, 0.05) is 13.1 Å². The Morgan fingerprint density at radius 1 is 1.18 bits per heavy atom. The van der Waals surface area contributed by atoms with Crippen molar-refractivity contribution >= 4 is 6.03 Å². The number of benzene rings is 1. The van der Waals surface area contributed by atoms with E-state index in [-0.39, 0.29) is 13.1 Å². The second-order valence-electron chi connectivity index (χ2n) is 5.17. The van der Waals surface area contributed by atoms with Gasteiger partial charge in [0.2, 0.25) is 0 Å². The number of aliphatic hydroxyl groups is 1. The Bertz CT molecular complexity index is 500. The molecule has 4 nitrogen and oxygen atoms in total. The predicted molar refractivity (Wildman–Crippen MR) is 77.2 cm³/mol. The van der Waals surface area contributed by atoms with Crippen LogP contribution in [0.3, 0.4) is 0 Å². The van der Waals surface area contributed by atoms with Crippen molar-refractivity contribution < 1.29 is 23.1 Å². The molecule has 0 aliphatic carbocycles. The summed E-state index contributed by atoms with van der Waals surface area (Å²) in [7, 11) is 0. The van der Waals surface area contributed by atoms with Crippen LogP contribution in [0.5, 0.6) is 0 Å². The number of hydrogen-bond acceptors (Lipinski definition) is 2. The van der Waals surface area contributed by atoms with E-state index in [0.29, 0.717) is 18.4 Å². The van der Waals surface area contributed by atoms with E-state index in [4.69, 9.17) is 0 Å². The first kappa shape index (κ1) is 18.3. The minimum atomic E-state index is -4.41. The second-order valence-corrected chi connectivity index (χ2v) is 5.17. The SMILES string of the molecule is CCC(O)(CC)CNC(=O)NCc1cccc(C(F)(F)F)c1. The average molecular weight is 318 g/mol. The standard InChI is InChI=1S/C15H21F3N2O2/c1-3-14(22,4-2)10-20-13(21)19-9-11-6-5-7-12(8-11)15(16,17)18/h5-8,22H,3-4,9-10H2,1-2H3,(H2,19,20,21). The molecule has 0 bridgehead atoms. The Labute approximate surface area is 127 Å². The van der Waals surface area contributed by atoms with Gasteiger partial charge in [-0.05, 0) is 30.5 Å². The van der Waals surface area contributed by atoms with E-state index in [0.717, 1.165) is 12.1 Å². The molecule has 3 N–H and O–H groups in total. The quantitative estimate of drug-likeness (QED) is 0.755. The van der Waals surface area contributed by atoms with E-state index >= 15 is 0 Å². The van der Waals surface area contributed by atoms with Gasteiger partial charge in [0.05, 0.1) is 11.2 Å². The minimum Gasteiger partial charge on any atom is -0.388 e. The lowest BCUT2D eigenvalue weighted by Crippen LogP contribution is -2.45. The van der Waals surface area contributed by atoms with Crippen LogP contribution in [0.15, 0.2) is 24.3 Å². The summed E-state index contributed by atoms with van der Waals surface area (Å²) in [5, 5.41) is 15.0. The fraction of sp³-hybridized carbons (Fsp3) is 0.533. The molecular formula is C15H21F3N2O2. The van der Waals surface area contributed by atoms with Gasteiger partial charge >= 0.3 is 12.2 Å². The maximum absolute atomic E-state index is 12.6. The fourth-order valence-electron chi connectivity index (χ4n) is 1.85. The maximum Gasteiger partial charge on any atom is 0.416 e. The van der Waals surface area contributed by atoms with Crippen LogP contribution in [-0.4, -0.2) is 23.3 Å². The first-order valence-electron chi connectivity index (χ1n) is 7.10. The number of halogens is 3. The van der Waals surface area contributed by atoms with Crippen molar-refractivity contribution in [1.82, 2.24) is 10.6 Å². The molecule has 0 saturated heterocycles. The van der Waals surface area contributed by atoms with Crippen molar-refractivity contribution in [3.8, 4) is 0 Å². The fourth-order valence-corrected chi connectivity index (χ4v) is 1.85. The van der Waals surface area contributed by atoms with Gasteiger partial charge in [0.15, 0.2) is 0 Å². The van der Waals surface area contributed by atoms with Crippen LogP contribution in [0.1, 0.15) is 37.8 Å². The monoisotopic (exact) mass is 318 g/mol. The van der Waals surface area contributed by atoms with E-state index in [1.807, 2.05) is 13.8 Å². The normalized spacial score (nSPS) is 12.1. The third kappa shape index (κ3) is 5.55. The van der Waals surface area contributed by atoms with Crippen LogP contribution >= 0.6 is 0 Å². The van der Waals surface area contributed by atoms with Gasteiger partial charge in [-0.25, -0.2) is 4.79 Å². The molecule has 0 fully saturated rings. The largest absolute Gasteiger partial charge is 0.416 e. The van der Waals surface area contributed by atoms with Crippen LogP contribution in [0, 0.1) is 0 Å². The van der Waals surface area contributed by atoms with E-state index < -0.39 is 23.4 Å². The number of carbonyl (C=O) groups excluding carboxylic acids is 1. The third-order valence-electron chi connectivity index (χ3n) is 3.60. The molecule has 0 radical (unpaired) electrons. The number of amides is 2. The smallest absolute Gasteiger partial charge is 0.388 e. The molecule has 0 aliphatic rings. The summed E-state index contributed by atoms with van der Waals surface area (Å²) in [6.45, 7) is 3.69. The summed E-state index contributed by atoms with van der Waals surface area (Å²) in [5.41, 5.74) is -1.36. The minimum absolute atomic E-state index is 0.0214. The number of rotatable bonds is 6. The summed E-state index contributed by atoms with van der Waals surface area (Å²) in [5.74, 6) is 0. The Morgan fingerprint density at radius 2 is 1.82 bits per heavy atom. The van der Waals surface area contributed by atoms with E-state index in [1.165, 1.54) is 12.1 Å². The molecule has 0 unspecified atom stereocenters. The highest BCUT2D eigenvalue weighted by molar-refractivity contribution is 5.73. The summed E-state index contributed by atoms with van der Waals surface area (Å²) in [4.78, 5) is 11.6. The Morgan fingerprint density at radius 3 is 2.36 bits per heavy atom. The number of carbonyl (C=O) groups is 1. The van der Waals surface area contributed by atoms with Crippen LogP contribution in [0.4, 0.5) is 18.0 Å². The maximum atomic E-state index is 12.6. The zero-order chi connectivity index (χ0) is 16.8. The van der Waals surface area contributed by atoms with Gasteiger partial charge in [-0.15, -0.1) is 0 Å². The molecule has 0 atom stereocenters. The van der Waals surface area contributed by atoms with Crippen molar-refractivity contribution in [1.29, 1.82) is 0 Å². The van der Waals surface area contributed by atoms with Gasteiger partial charge in [-0.1, -0.05) is 26.0 Å². The molecule has 0 heterocycles. The summed E-state index contributed by atoms with van der Waals surface area (Å²) in [6, 6.07) is 4.24. The molecule has 0 aromatic heterocycles. The summed E-state index contributed by atoms with van der Waals surface area (Å²) >= 11 is 0. The first-order valence-corrected chi connectivity index (χ1v) is 7.10. The van der Waals surface area contributed by atoms with Crippen molar-refractivity contribution in [2.45, 2.75) is 45.0 Å². The molecule has 0 saturated carbocycles. The van der Waals surface area contributed by atoms with Crippen molar-refractivity contribution in [3.63, 3.8) is 0 Å². The van der Waals surface area contributed by atoms with Gasteiger partial charge in [-0.2, -0.15) is 13.2 Å². The number of nitrogens with one attached hydrogen (secondary N) is 2. The molecule has 124 valence electrons. The highest BCUT2D eigenvalue weighted by Crippen LogP contribution is 2.29. The molecular weight excluding hydrogens is 297 g/mol. The third-order valence-corrected chi connectivity index (χ3v) is 3.60. The molecule has 1 aromatic rings. The molecule has 22 heavy (non-hydrogen) atoms. The Kier molecular flexibility index (Phi) is 6.22. The van der Waals surface area contributed by atoms with Crippen LogP contribution < -0.4 is 10.6 Å². The molecule has 1 rings (SSSR count). The molecule has 0 spiro atoms. The van der Waals surface area contributed by atoms with Crippen LogP contribution in [0.25, 0.3) is 0 Å². The zero-order valence-corrected chi connectivity index (χ0v) is 12.6. The Balaban J connectivity index is 2.51. The number of urea groups is 1. The van der Waals surface area contributed by atoms with Crippen molar-refractivity contribution in [2.75, 3.05) is 6.54 Å². The predicted octanol–water partition coefficient (Wildman–Crippen LogP) is 3.06. The van der Waals surface area contributed by atoms with Gasteiger partial charge < -0.3 is 15.7 Å². The summed E-state index contributed by atoms with van der Waals surface area (Å²) in [6.07, 6.45) is -3.41.